The highest BCUT2D eigenvalue weighted by Gasteiger charge is 2.14. The third-order valence-corrected chi connectivity index (χ3v) is 3.18. The molecule has 0 saturated carbocycles. The van der Waals surface area contributed by atoms with Gasteiger partial charge in [-0.1, -0.05) is 28.1 Å². The van der Waals surface area contributed by atoms with Crippen LogP contribution in [0, 0.1) is 0 Å². The molecule has 1 unspecified atom stereocenters. The van der Waals surface area contributed by atoms with E-state index < -0.39 is 0 Å². The van der Waals surface area contributed by atoms with E-state index in [0.29, 0.717) is 5.56 Å². The van der Waals surface area contributed by atoms with Gasteiger partial charge < -0.3 is 5.32 Å². The van der Waals surface area contributed by atoms with Crippen LogP contribution in [0.2, 0.25) is 0 Å². The highest BCUT2D eigenvalue weighted by molar-refractivity contribution is 9.10. The fourth-order valence-corrected chi connectivity index (χ4v) is 1.98. The van der Waals surface area contributed by atoms with Crippen molar-refractivity contribution in [1.29, 1.82) is 0 Å². The number of hydrogen-bond acceptors (Lipinski definition) is 4. The molecule has 0 radical (unpaired) electrons. The zero-order valence-electron chi connectivity index (χ0n) is 9.41. The van der Waals surface area contributed by atoms with Crippen LogP contribution in [0.3, 0.4) is 0 Å². The summed E-state index contributed by atoms with van der Waals surface area (Å²) in [5.74, 6) is -0.0250. The number of hydroxylamine groups is 1. The number of halogens is 1. The quantitative estimate of drug-likeness (QED) is 0.644. The van der Waals surface area contributed by atoms with Crippen molar-refractivity contribution in [2.75, 3.05) is 13.2 Å². The van der Waals surface area contributed by atoms with Gasteiger partial charge in [-0.05, 0) is 31.5 Å². The second kappa shape index (κ2) is 6.26. The van der Waals surface area contributed by atoms with Gasteiger partial charge in [-0.3, -0.25) is 9.63 Å². The molecule has 1 aliphatic rings. The van der Waals surface area contributed by atoms with Crippen molar-refractivity contribution in [3.05, 3.63) is 34.3 Å². The molecular weight excluding hydrogens is 284 g/mol. The number of ketones is 1. The molecule has 1 fully saturated rings. The topological polar surface area (TPSA) is 50.4 Å². The van der Waals surface area contributed by atoms with Crippen LogP contribution in [-0.2, 0) is 4.84 Å². The van der Waals surface area contributed by atoms with Crippen LogP contribution in [0.4, 0.5) is 0 Å². The van der Waals surface area contributed by atoms with Crippen molar-refractivity contribution in [3.8, 4) is 0 Å². The smallest absolute Gasteiger partial charge is 0.190 e. The Hall–Kier alpha value is -0.750. The van der Waals surface area contributed by atoms with E-state index in [4.69, 9.17) is 4.84 Å². The maximum Gasteiger partial charge on any atom is 0.190 e. The Balaban J connectivity index is 1.75. The molecule has 2 rings (SSSR count). The summed E-state index contributed by atoms with van der Waals surface area (Å²) in [6, 6.07) is 7.26. The first-order valence-electron chi connectivity index (χ1n) is 5.65. The van der Waals surface area contributed by atoms with Gasteiger partial charge in [-0.15, -0.1) is 0 Å². The van der Waals surface area contributed by atoms with Crippen LogP contribution in [-0.4, -0.2) is 25.1 Å². The Bertz CT molecular complexity index is 375. The van der Waals surface area contributed by atoms with Crippen molar-refractivity contribution < 1.29 is 9.63 Å². The fraction of sp³-hybridized carbons (Fsp3) is 0.417. The lowest BCUT2D eigenvalue weighted by Crippen LogP contribution is -2.38. The standard InChI is InChI=1S/C12H15BrN2O2/c13-10-5-3-9(4-6-10)11(16)8-17-15-12-2-1-7-14-12/h3-6,12,14-15H,1-2,7-8H2. The van der Waals surface area contributed by atoms with Crippen molar-refractivity contribution >= 4 is 21.7 Å². The predicted octanol–water partition coefficient (Wildman–Crippen LogP) is 1.86. The number of hydrogen-bond donors (Lipinski definition) is 2. The molecule has 1 aromatic carbocycles. The Morgan fingerprint density at radius 2 is 2.24 bits per heavy atom. The van der Waals surface area contributed by atoms with Crippen LogP contribution in [0.15, 0.2) is 28.7 Å². The summed E-state index contributed by atoms with van der Waals surface area (Å²) >= 11 is 3.33. The van der Waals surface area contributed by atoms with Gasteiger partial charge in [-0.2, -0.15) is 5.48 Å². The van der Waals surface area contributed by atoms with E-state index in [1.165, 1.54) is 0 Å². The maximum atomic E-state index is 11.7. The zero-order chi connectivity index (χ0) is 12.1. The molecule has 0 bridgehead atoms. The molecule has 1 atom stereocenters. The number of nitrogens with one attached hydrogen (secondary N) is 2. The van der Waals surface area contributed by atoms with Crippen LogP contribution in [0.1, 0.15) is 23.2 Å². The van der Waals surface area contributed by atoms with Gasteiger partial charge in [0, 0.05) is 10.0 Å². The minimum absolute atomic E-state index is 0.0250. The summed E-state index contributed by atoms with van der Waals surface area (Å²) in [5, 5.41) is 3.22. The van der Waals surface area contributed by atoms with E-state index in [2.05, 4.69) is 26.7 Å². The lowest BCUT2D eigenvalue weighted by atomic mass is 10.1. The predicted molar refractivity (Wildman–Crippen MR) is 68.6 cm³/mol. The highest BCUT2D eigenvalue weighted by atomic mass is 79.9. The summed E-state index contributed by atoms with van der Waals surface area (Å²) in [6.07, 6.45) is 2.35. The number of carbonyl (C=O) groups excluding carboxylic acids is 1. The van der Waals surface area contributed by atoms with Crippen molar-refractivity contribution in [1.82, 2.24) is 10.8 Å². The first-order valence-corrected chi connectivity index (χ1v) is 6.44. The number of benzene rings is 1. The van der Waals surface area contributed by atoms with E-state index in [-0.39, 0.29) is 18.6 Å². The molecule has 1 aromatic rings. The number of Topliss-reactive ketones (excluding diaryl/α,β-unsaturated/α-hetero) is 1. The van der Waals surface area contributed by atoms with Gasteiger partial charge in [0.2, 0.25) is 0 Å². The Kier molecular flexibility index (Phi) is 4.67. The average Bonchev–Trinajstić information content (AvgIpc) is 2.83. The van der Waals surface area contributed by atoms with Crippen molar-refractivity contribution in [2.24, 2.45) is 0 Å². The lowest BCUT2D eigenvalue weighted by Gasteiger charge is -2.11. The molecular formula is C12H15BrN2O2. The van der Waals surface area contributed by atoms with Gasteiger partial charge in [0.25, 0.3) is 0 Å². The maximum absolute atomic E-state index is 11.7. The fourth-order valence-electron chi connectivity index (χ4n) is 1.71. The third kappa shape index (κ3) is 3.89. The molecule has 0 aromatic heterocycles. The summed E-state index contributed by atoms with van der Waals surface area (Å²) in [7, 11) is 0. The van der Waals surface area contributed by atoms with Gasteiger partial charge in [-0.25, -0.2) is 0 Å². The second-order valence-electron chi connectivity index (χ2n) is 3.99. The van der Waals surface area contributed by atoms with Crippen molar-refractivity contribution in [3.63, 3.8) is 0 Å². The molecule has 0 aliphatic carbocycles. The average molecular weight is 299 g/mol. The first kappa shape index (κ1) is 12.7. The summed E-state index contributed by atoms with van der Waals surface area (Å²) in [6.45, 7) is 1.06. The van der Waals surface area contributed by atoms with Crippen LogP contribution in [0.5, 0.6) is 0 Å². The highest BCUT2D eigenvalue weighted by Crippen LogP contribution is 2.11. The molecule has 1 saturated heterocycles. The van der Waals surface area contributed by atoms with Gasteiger partial charge in [0.15, 0.2) is 5.78 Å². The Labute approximate surface area is 109 Å². The SMILES string of the molecule is O=C(CONC1CCCN1)c1ccc(Br)cc1. The number of carbonyl (C=O) groups is 1. The minimum Gasteiger partial charge on any atom is -0.300 e. The Morgan fingerprint density at radius 3 is 2.88 bits per heavy atom. The normalized spacial score (nSPS) is 19.5. The third-order valence-electron chi connectivity index (χ3n) is 2.66. The monoisotopic (exact) mass is 298 g/mol. The van der Waals surface area contributed by atoms with E-state index in [1.54, 1.807) is 12.1 Å². The molecule has 2 N–H and O–H groups in total. The molecule has 5 heteroatoms. The second-order valence-corrected chi connectivity index (χ2v) is 4.90. The number of rotatable bonds is 5. The minimum atomic E-state index is -0.0250. The molecule has 17 heavy (non-hydrogen) atoms. The summed E-state index contributed by atoms with van der Waals surface area (Å²) < 4.78 is 0.961. The van der Waals surface area contributed by atoms with Crippen LogP contribution in [0.25, 0.3) is 0 Å². The van der Waals surface area contributed by atoms with Gasteiger partial charge in [0.1, 0.15) is 6.61 Å². The van der Waals surface area contributed by atoms with E-state index >= 15 is 0 Å². The van der Waals surface area contributed by atoms with E-state index in [1.807, 2.05) is 12.1 Å². The largest absolute Gasteiger partial charge is 0.300 e. The Morgan fingerprint density at radius 1 is 1.47 bits per heavy atom. The first-order chi connectivity index (χ1) is 8.25. The van der Waals surface area contributed by atoms with Gasteiger partial charge >= 0.3 is 0 Å². The van der Waals surface area contributed by atoms with E-state index in [9.17, 15) is 4.79 Å². The molecule has 1 heterocycles. The molecule has 0 spiro atoms. The molecule has 1 aliphatic heterocycles. The lowest BCUT2D eigenvalue weighted by molar-refractivity contribution is 0.0161. The van der Waals surface area contributed by atoms with Gasteiger partial charge in [0.05, 0.1) is 6.17 Å². The summed E-state index contributed by atoms with van der Waals surface area (Å²) in [5.41, 5.74) is 3.51. The van der Waals surface area contributed by atoms with E-state index in [0.717, 1.165) is 23.9 Å². The van der Waals surface area contributed by atoms with Crippen LogP contribution >= 0.6 is 15.9 Å². The van der Waals surface area contributed by atoms with Crippen LogP contribution < -0.4 is 10.8 Å². The zero-order valence-corrected chi connectivity index (χ0v) is 11.0. The molecule has 92 valence electrons. The van der Waals surface area contributed by atoms with Crippen molar-refractivity contribution in [2.45, 2.75) is 19.0 Å². The molecule has 0 amide bonds. The molecule has 4 nitrogen and oxygen atoms in total. The summed E-state index contributed by atoms with van der Waals surface area (Å²) in [4.78, 5) is 16.9.